The van der Waals surface area contributed by atoms with E-state index in [1.807, 2.05) is 49.3 Å². The highest BCUT2D eigenvalue weighted by Gasteiger charge is 2.46. The molecule has 3 atom stereocenters. The zero-order chi connectivity index (χ0) is 21.1. The van der Waals surface area contributed by atoms with Gasteiger partial charge >= 0.3 is 6.18 Å². The van der Waals surface area contributed by atoms with E-state index in [-0.39, 0.29) is 11.5 Å². The van der Waals surface area contributed by atoms with Crippen molar-refractivity contribution in [1.29, 1.82) is 0 Å². The molecule has 2 aromatic carbocycles. The Morgan fingerprint density at radius 1 is 1.03 bits per heavy atom. The van der Waals surface area contributed by atoms with Crippen molar-refractivity contribution in [1.82, 2.24) is 4.90 Å². The van der Waals surface area contributed by atoms with Crippen molar-refractivity contribution < 1.29 is 18.3 Å². The van der Waals surface area contributed by atoms with Crippen molar-refractivity contribution in [2.45, 2.75) is 56.3 Å². The maximum absolute atomic E-state index is 13.7. The fourth-order valence-electron chi connectivity index (χ4n) is 4.88. The Hall–Kier alpha value is -1.85. The normalized spacial score (nSPS) is 23.9. The van der Waals surface area contributed by atoms with Crippen LogP contribution >= 0.6 is 0 Å². The van der Waals surface area contributed by atoms with Gasteiger partial charge in [-0.05, 0) is 57.0 Å². The fraction of sp³-hybridized carbons (Fsp3) is 0.500. The first kappa shape index (κ1) is 21.8. The van der Waals surface area contributed by atoms with Crippen LogP contribution in [0.3, 0.4) is 0 Å². The Morgan fingerprint density at radius 2 is 1.69 bits per heavy atom. The van der Waals surface area contributed by atoms with Crippen LogP contribution in [0.4, 0.5) is 13.2 Å². The molecule has 29 heavy (non-hydrogen) atoms. The lowest BCUT2D eigenvalue weighted by atomic mass is 9.67. The number of aliphatic hydroxyl groups is 1. The SMILES string of the molecule is CN(C)C(c1ccccc1C(F)(F)F)C1CCCCC1(O)CCc1ccccc1. The molecule has 1 fully saturated rings. The molecule has 0 bridgehead atoms. The van der Waals surface area contributed by atoms with Crippen molar-refractivity contribution in [2.75, 3.05) is 14.1 Å². The van der Waals surface area contributed by atoms with Gasteiger partial charge in [0.05, 0.1) is 11.2 Å². The summed E-state index contributed by atoms with van der Waals surface area (Å²) in [7, 11) is 3.62. The molecule has 2 aromatic rings. The molecular weight excluding hydrogens is 375 g/mol. The van der Waals surface area contributed by atoms with Gasteiger partial charge in [-0.1, -0.05) is 61.4 Å². The quantitative estimate of drug-likeness (QED) is 0.650. The summed E-state index contributed by atoms with van der Waals surface area (Å²) in [5.41, 5.74) is -0.186. The molecule has 0 radical (unpaired) electrons. The van der Waals surface area contributed by atoms with E-state index >= 15 is 0 Å². The molecule has 158 valence electrons. The van der Waals surface area contributed by atoms with Crippen LogP contribution in [0.5, 0.6) is 0 Å². The van der Waals surface area contributed by atoms with Crippen LogP contribution < -0.4 is 0 Å². The number of hydrogen-bond donors (Lipinski definition) is 1. The molecule has 1 aliphatic carbocycles. The van der Waals surface area contributed by atoms with Gasteiger partial charge in [-0.3, -0.25) is 0 Å². The molecule has 3 rings (SSSR count). The summed E-state index contributed by atoms with van der Waals surface area (Å²) in [4.78, 5) is 1.84. The average Bonchev–Trinajstić information content (AvgIpc) is 2.68. The second kappa shape index (κ2) is 8.88. The topological polar surface area (TPSA) is 23.5 Å². The van der Waals surface area contributed by atoms with E-state index in [2.05, 4.69) is 0 Å². The van der Waals surface area contributed by atoms with Gasteiger partial charge in [-0.2, -0.15) is 13.2 Å². The van der Waals surface area contributed by atoms with Gasteiger partial charge in [0.15, 0.2) is 0 Å². The maximum Gasteiger partial charge on any atom is 0.416 e. The second-order valence-electron chi connectivity index (χ2n) is 8.43. The Kier molecular flexibility index (Phi) is 6.69. The summed E-state index contributed by atoms with van der Waals surface area (Å²) in [6.07, 6.45) is 0.0415. The third kappa shape index (κ3) is 5.01. The van der Waals surface area contributed by atoms with Crippen molar-refractivity contribution in [3.63, 3.8) is 0 Å². The molecule has 3 unspecified atom stereocenters. The van der Waals surface area contributed by atoms with Crippen LogP contribution in [0.15, 0.2) is 54.6 Å². The van der Waals surface area contributed by atoms with Crippen LogP contribution in [0.1, 0.15) is 54.8 Å². The molecule has 2 nitrogen and oxygen atoms in total. The van der Waals surface area contributed by atoms with E-state index in [0.717, 1.165) is 37.3 Å². The summed E-state index contributed by atoms with van der Waals surface area (Å²) in [6, 6.07) is 15.3. The molecule has 1 saturated carbocycles. The number of halogens is 3. The van der Waals surface area contributed by atoms with Gasteiger partial charge in [-0.25, -0.2) is 0 Å². The molecule has 5 heteroatoms. The predicted octanol–water partition coefficient (Wildman–Crippen LogP) is 5.86. The Balaban J connectivity index is 1.95. The Labute approximate surface area is 171 Å². The lowest BCUT2D eigenvalue weighted by Crippen LogP contribution is -2.47. The zero-order valence-electron chi connectivity index (χ0n) is 17.1. The molecule has 0 saturated heterocycles. The third-order valence-corrected chi connectivity index (χ3v) is 6.28. The van der Waals surface area contributed by atoms with E-state index < -0.39 is 23.4 Å². The van der Waals surface area contributed by atoms with E-state index in [1.54, 1.807) is 12.1 Å². The predicted molar refractivity (Wildman–Crippen MR) is 110 cm³/mol. The van der Waals surface area contributed by atoms with Gasteiger partial charge < -0.3 is 10.0 Å². The van der Waals surface area contributed by atoms with Gasteiger partial charge in [0, 0.05) is 12.0 Å². The van der Waals surface area contributed by atoms with Gasteiger partial charge in [-0.15, -0.1) is 0 Å². The first-order valence-corrected chi connectivity index (χ1v) is 10.3. The smallest absolute Gasteiger partial charge is 0.390 e. The minimum atomic E-state index is -4.42. The highest BCUT2D eigenvalue weighted by molar-refractivity contribution is 5.33. The summed E-state index contributed by atoms with van der Waals surface area (Å²) < 4.78 is 41.2. The number of hydrogen-bond acceptors (Lipinski definition) is 2. The van der Waals surface area contributed by atoms with Crippen molar-refractivity contribution in [2.24, 2.45) is 5.92 Å². The first-order chi connectivity index (χ1) is 13.7. The highest BCUT2D eigenvalue weighted by atomic mass is 19.4. The van der Waals surface area contributed by atoms with Crippen LogP contribution in [0, 0.1) is 5.92 Å². The zero-order valence-corrected chi connectivity index (χ0v) is 17.1. The molecular formula is C24H30F3NO. The number of aryl methyl sites for hydroxylation is 1. The van der Waals surface area contributed by atoms with E-state index in [0.29, 0.717) is 12.8 Å². The largest absolute Gasteiger partial charge is 0.416 e. The van der Waals surface area contributed by atoms with Gasteiger partial charge in [0.2, 0.25) is 0 Å². The van der Waals surface area contributed by atoms with Gasteiger partial charge in [0.1, 0.15) is 0 Å². The summed E-state index contributed by atoms with van der Waals surface area (Å²) in [5, 5.41) is 11.7. The number of nitrogens with zero attached hydrogens (tertiary/aromatic N) is 1. The molecule has 0 amide bonds. The van der Waals surface area contributed by atoms with E-state index in [4.69, 9.17) is 0 Å². The number of benzene rings is 2. The number of rotatable bonds is 6. The number of alkyl halides is 3. The standard InChI is InChI=1S/C24H30F3NO/c1-28(2)22(19-12-6-7-13-20(19)24(25,26)27)21-14-8-9-16-23(21,29)17-15-18-10-4-3-5-11-18/h3-7,10-13,21-22,29H,8-9,14-17H2,1-2H3. The molecule has 0 spiro atoms. The lowest BCUT2D eigenvalue weighted by molar-refractivity contribution is -0.140. The fourth-order valence-corrected chi connectivity index (χ4v) is 4.88. The Morgan fingerprint density at radius 3 is 2.34 bits per heavy atom. The van der Waals surface area contributed by atoms with Crippen LogP contribution in [-0.4, -0.2) is 29.7 Å². The average molecular weight is 406 g/mol. The monoisotopic (exact) mass is 405 g/mol. The van der Waals surface area contributed by atoms with Crippen LogP contribution in [-0.2, 0) is 12.6 Å². The molecule has 1 aliphatic rings. The summed E-state index contributed by atoms with van der Waals surface area (Å²) >= 11 is 0. The first-order valence-electron chi connectivity index (χ1n) is 10.3. The van der Waals surface area contributed by atoms with Crippen molar-refractivity contribution >= 4 is 0 Å². The minimum absolute atomic E-state index is 0.251. The van der Waals surface area contributed by atoms with E-state index in [9.17, 15) is 18.3 Å². The van der Waals surface area contributed by atoms with E-state index in [1.165, 1.54) is 6.07 Å². The minimum Gasteiger partial charge on any atom is -0.390 e. The molecule has 0 aliphatic heterocycles. The third-order valence-electron chi connectivity index (χ3n) is 6.28. The highest BCUT2D eigenvalue weighted by Crippen LogP contribution is 2.48. The summed E-state index contributed by atoms with van der Waals surface area (Å²) in [6.45, 7) is 0. The molecule has 1 N–H and O–H groups in total. The molecule has 0 heterocycles. The van der Waals surface area contributed by atoms with Crippen molar-refractivity contribution in [3.05, 3.63) is 71.3 Å². The Bertz CT molecular complexity index is 790. The molecule has 0 aromatic heterocycles. The van der Waals surface area contributed by atoms with Crippen LogP contribution in [0.25, 0.3) is 0 Å². The van der Waals surface area contributed by atoms with Gasteiger partial charge in [0.25, 0.3) is 0 Å². The summed E-state index contributed by atoms with van der Waals surface area (Å²) in [5.74, 6) is -0.251. The van der Waals surface area contributed by atoms with Crippen LogP contribution in [0.2, 0.25) is 0 Å². The lowest BCUT2D eigenvalue weighted by Gasteiger charge is -2.47. The maximum atomic E-state index is 13.7. The van der Waals surface area contributed by atoms with Crippen molar-refractivity contribution in [3.8, 4) is 0 Å². The second-order valence-corrected chi connectivity index (χ2v) is 8.43.